The Morgan fingerprint density at radius 1 is 1.17 bits per heavy atom. The third-order valence-electron chi connectivity index (χ3n) is 6.93. The molecule has 1 heterocycles. The molecule has 0 unspecified atom stereocenters. The second-order valence-electron chi connectivity index (χ2n) is 9.86. The van der Waals surface area contributed by atoms with E-state index in [0.29, 0.717) is 39.1 Å². The van der Waals surface area contributed by atoms with E-state index in [4.69, 9.17) is 16.6 Å². The maximum absolute atomic E-state index is 13.7. The first-order valence-corrected chi connectivity index (χ1v) is 13.0. The van der Waals surface area contributed by atoms with Crippen molar-refractivity contribution >= 4 is 28.4 Å². The van der Waals surface area contributed by atoms with Gasteiger partial charge < -0.3 is 10.2 Å². The van der Waals surface area contributed by atoms with E-state index in [1.54, 1.807) is 12.1 Å². The van der Waals surface area contributed by atoms with Crippen molar-refractivity contribution < 1.29 is 4.79 Å². The maximum atomic E-state index is 13.7. The zero-order valence-electron chi connectivity index (χ0n) is 21.1. The number of fused-ring (bicyclic) bond motifs is 1. The van der Waals surface area contributed by atoms with Gasteiger partial charge >= 0.3 is 0 Å². The second-order valence-corrected chi connectivity index (χ2v) is 10.3. The van der Waals surface area contributed by atoms with Crippen LogP contribution in [0.15, 0.2) is 47.3 Å². The minimum atomic E-state index is -0.221. The third kappa shape index (κ3) is 5.76. The summed E-state index contributed by atoms with van der Waals surface area (Å²) in [7, 11) is 0. The van der Waals surface area contributed by atoms with E-state index < -0.39 is 0 Å². The van der Waals surface area contributed by atoms with Gasteiger partial charge in [-0.1, -0.05) is 43.6 Å². The van der Waals surface area contributed by atoms with Crippen molar-refractivity contribution in [2.75, 3.05) is 19.6 Å². The zero-order chi connectivity index (χ0) is 25.1. The average molecular weight is 495 g/mol. The molecule has 1 aromatic heterocycles. The lowest BCUT2D eigenvalue weighted by atomic mass is 9.71. The Labute approximate surface area is 212 Å². The molecule has 186 valence electrons. The normalized spacial score (nSPS) is 17.7. The summed E-state index contributed by atoms with van der Waals surface area (Å²) in [6.07, 6.45) is 2.28. The lowest BCUT2D eigenvalue weighted by molar-refractivity contribution is -0.122. The van der Waals surface area contributed by atoms with Crippen LogP contribution in [-0.4, -0.2) is 46.0 Å². The van der Waals surface area contributed by atoms with Crippen molar-refractivity contribution in [3.05, 3.63) is 63.4 Å². The van der Waals surface area contributed by atoms with Gasteiger partial charge in [-0.3, -0.25) is 14.2 Å². The highest BCUT2D eigenvalue weighted by Gasteiger charge is 2.31. The van der Waals surface area contributed by atoms with Crippen LogP contribution in [0.1, 0.15) is 52.0 Å². The number of nitrogens with zero attached hydrogens (tertiary/aromatic N) is 3. The molecule has 7 heteroatoms. The number of nitrogens with one attached hydrogen (secondary N) is 1. The van der Waals surface area contributed by atoms with Crippen LogP contribution in [0, 0.1) is 5.92 Å². The largest absolute Gasteiger partial charge is 0.352 e. The second kappa shape index (κ2) is 10.9. The first-order valence-electron chi connectivity index (χ1n) is 12.6. The first-order chi connectivity index (χ1) is 16.8. The van der Waals surface area contributed by atoms with Gasteiger partial charge in [-0.2, -0.15) is 0 Å². The highest BCUT2D eigenvalue weighted by atomic mass is 35.5. The van der Waals surface area contributed by atoms with Crippen molar-refractivity contribution in [3.63, 3.8) is 0 Å². The van der Waals surface area contributed by atoms with Crippen LogP contribution >= 0.6 is 11.6 Å². The number of aromatic nitrogens is 2. The van der Waals surface area contributed by atoms with Gasteiger partial charge in [-0.15, -0.1) is 0 Å². The molecule has 1 amide bonds. The highest BCUT2D eigenvalue weighted by molar-refractivity contribution is 6.30. The average Bonchev–Trinajstić information content (AvgIpc) is 2.79. The Balaban J connectivity index is 1.69. The predicted molar refractivity (Wildman–Crippen MR) is 143 cm³/mol. The maximum Gasteiger partial charge on any atom is 0.262 e. The Morgan fingerprint density at radius 3 is 2.57 bits per heavy atom. The Morgan fingerprint density at radius 2 is 1.91 bits per heavy atom. The molecule has 0 aliphatic heterocycles. The van der Waals surface area contributed by atoms with Gasteiger partial charge in [0.15, 0.2) is 0 Å². The van der Waals surface area contributed by atoms with Crippen LogP contribution < -0.4 is 10.9 Å². The van der Waals surface area contributed by atoms with Gasteiger partial charge in [0.2, 0.25) is 5.91 Å². The summed E-state index contributed by atoms with van der Waals surface area (Å²) >= 11 is 6.22. The van der Waals surface area contributed by atoms with Crippen LogP contribution in [0.5, 0.6) is 0 Å². The number of hydrogen-bond acceptors (Lipinski definition) is 4. The van der Waals surface area contributed by atoms with Gasteiger partial charge in [0, 0.05) is 23.2 Å². The number of halogens is 1. The SMILES string of the molecule is CCN(CC)C[C@H]1C[C@H](c2ccc3nc(-c4cccc(Cl)c4)n(CC(=O)NC(C)C)c(=O)c3c2)C1. The monoisotopic (exact) mass is 494 g/mol. The summed E-state index contributed by atoms with van der Waals surface area (Å²) in [6.45, 7) is 11.4. The third-order valence-corrected chi connectivity index (χ3v) is 7.17. The van der Waals surface area contributed by atoms with E-state index in [0.717, 1.165) is 32.5 Å². The number of carbonyl (C=O) groups is 1. The molecule has 1 saturated carbocycles. The van der Waals surface area contributed by atoms with Crippen molar-refractivity contribution in [1.82, 2.24) is 19.8 Å². The van der Waals surface area contributed by atoms with Crippen LogP contribution in [0.3, 0.4) is 0 Å². The Hall–Kier alpha value is -2.70. The van der Waals surface area contributed by atoms with E-state index in [-0.39, 0.29) is 24.1 Å². The summed E-state index contributed by atoms with van der Waals surface area (Å²) in [5.41, 5.74) is 2.31. The molecule has 2 aromatic carbocycles. The number of rotatable bonds is 9. The number of hydrogen-bond donors (Lipinski definition) is 1. The lowest BCUT2D eigenvalue weighted by Gasteiger charge is -2.38. The molecule has 3 aromatic rings. The smallest absolute Gasteiger partial charge is 0.262 e. The van der Waals surface area contributed by atoms with Crippen molar-refractivity contribution in [1.29, 1.82) is 0 Å². The molecule has 1 fully saturated rings. The lowest BCUT2D eigenvalue weighted by Crippen LogP contribution is -2.37. The molecular formula is C28H35ClN4O2. The van der Waals surface area contributed by atoms with Gasteiger partial charge in [-0.05, 0) is 81.4 Å². The molecule has 35 heavy (non-hydrogen) atoms. The van der Waals surface area contributed by atoms with E-state index in [1.807, 2.05) is 38.1 Å². The molecule has 0 atom stereocenters. The zero-order valence-corrected chi connectivity index (χ0v) is 21.8. The van der Waals surface area contributed by atoms with Crippen molar-refractivity contribution in [2.45, 2.75) is 59.0 Å². The Bertz CT molecular complexity index is 1260. The molecule has 0 bridgehead atoms. The minimum absolute atomic E-state index is 0.0178. The molecule has 4 rings (SSSR count). The fourth-order valence-corrected chi connectivity index (χ4v) is 5.19. The molecule has 1 N–H and O–H groups in total. The van der Waals surface area contributed by atoms with Crippen LogP contribution in [0.4, 0.5) is 0 Å². The van der Waals surface area contributed by atoms with Crippen LogP contribution in [0.2, 0.25) is 5.02 Å². The fraction of sp³-hybridized carbons (Fsp3) is 0.464. The molecular weight excluding hydrogens is 460 g/mol. The van der Waals surface area contributed by atoms with Crippen molar-refractivity contribution in [2.24, 2.45) is 5.92 Å². The quantitative estimate of drug-likeness (QED) is 0.450. The number of amides is 1. The standard InChI is InChI=1S/C28H35ClN4O2/c1-5-32(6-2)16-19-12-22(13-19)20-10-11-25-24(15-20)28(35)33(17-26(34)30-18(3)4)27(31-25)21-8-7-9-23(29)14-21/h7-11,14-15,18-19,22H,5-6,12-13,16-17H2,1-4H3,(H,30,34)/t19-,22-. The minimum Gasteiger partial charge on any atom is -0.352 e. The molecule has 6 nitrogen and oxygen atoms in total. The van der Waals surface area contributed by atoms with E-state index in [9.17, 15) is 9.59 Å². The van der Waals surface area contributed by atoms with E-state index >= 15 is 0 Å². The molecule has 1 aliphatic carbocycles. The van der Waals surface area contributed by atoms with Gasteiger partial charge in [-0.25, -0.2) is 4.98 Å². The van der Waals surface area contributed by atoms with Gasteiger partial charge in [0.1, 0.15) is 12.4 Å². The van der Waals surface area contributed by atoms with Gasteiger partial charge in [0.25, 0.3) is 5.56 Å². The molecule has 0 radical (unpaired) electrons. The van der Waals surface area contributed by atoms with E-state index in [1.165, 1.54) is 10.1 Å². The fourth-order valence-electron chi connectivity index (χ4n) is 5.00. The summed E-state index contributed by atoms with van der Waals surface area (Å²) in [4.78, 5) is 33.6. The van der Waals surface area contributed by atoms with E-state index in [2.05, 4.69) is 30.1 Å². The van der Waals surface area contributed by atoms with Crippen LogP contribution in [-0.2, 0) is 11.3 Å². The summed E-state index contributed by atoms with van der Waals surface area (Å²) in [6, 6.07) is 13.2. The Kier molecular flexibility index (Phi) is 7.92. The van der Waals surface area contributed by atoms with Crippen LogP contribution in [0.25, 0.3) is 22.3 Å². The molecule has 0 saturated heterocycles. The first kappa shape index (κ1) is 25.4. The summed E-state index contributed by atoms with van der Waals surface area (Å²) < 4.78 is 1.47. The molecule has 0 spiro atoms. The summed E-state index contributed by atoms with van der Waals surface area (Å²) in [5.74, 6) is 1.39. The predicted octanol–water partition coefficient (Wildman–Crippen LogP) is 5.08. The van der Waals surface area contributed by atoms with Gasteiger partial charge in [0.05, 0.1) is 10.9 Å². The summed E-state index contributed by atoms with van der Waals surface area (Å²) in [5, 5.41) is 3.98. The molecule has 1 aliphatic rings. The van der Waals surface area contributed by atoms with Crippen molar-refractivity contribution in [3.8, 4) is 11.4 Å². The number of benzene rings is 2. The topological polar surface area (TPSA) is 67.2 Å². The number of carbonyl (C=O) groups excluding carboxylic acids is 1. The highest BCUT2D eigenvalue weighted by Crippen LogP contribution is 2.42.